The number of hydrogen-bond donors (Lipinski definition) is 3. The van der Waals surface area contributed by atoms with Crippen molar-refractivity contribution in [3.8, 4) is 17.4 Å². The first-order chi connectivity index (χ1) is 15.0. The molecule has 1 aromatic heterocycles. The number of benzene rings is 2. The minimum absolute atomic E-state index is 0.0296. The molecule has 160 valence electrons. The van der Waals surface area contributed by atoms with Crippen molar-refractivity contribution in [2.24, 2.45) is 5.10 Å². The number of H-pyrrole nitrogens is 1. The van der Waals surface area contributed by atoms with Crippen LogP contribution in [-0.2, 0) is 6.54 Å². The van der Waals surface area contributed by atoms with Gasteiger partial charge in [0.25, 0.3) is 5.56 Å². The third-order valence-corrected chi connectivity index (χ3v) is 5.21. The Balaban J connectivity index is 1.66. The fourth-order valence-electron chi connectivity index (χ4n) is 3.62. The molecular formula is C22H22N4O5. The van der Waals surface area contributed by atoms with Crippen molar-refractivity contribution in [3.63, 3.8) is 0 Å². The number of methoxy groups -OCH3 is 2. The fourth-order valence-corrected chi connectivity index (χ4v) is 3.62. The van der Waals surface area contributed by atoms with Crippen molar-refractivity contribution in [2.75, 3.05) is 14.2 Å². The van der Waals surface area contributed by atoms with E-state index in [1.54, 1.807) is 20.3 Å². The zero-order valence-corrected chi connectivity index (χ0v) is 17.1. The molecule has 3 N–H and O–H groups in total. The minimum atomic E-state index is -0.685. The van der Waals surface area contributed by atoms with Crippen molar-refractivity contribution in [1.82, 2.24) is 15.0 Å². The molecule has 2 heterocycles. The summed E-state index contributed by atoms with van der Waals surface area (Å²) in [5.41, 5.74) is 3.58. The Bertz CT molecular complexity index is 1250. The molecule has 0 fully saturated rings. The van der Waals surface area contributed by atoms with Crippen molar-refractivity contribution < 1.29 is 14.6 Å². The van der Waals surface area contributed by atoms with Crippen LogP contribution >= 0.6 is 0 Å². The summed E-state index contributed by atoms with van der Waals surface area (Å²) in [7, 11) is 3.13. The van der Waals surface area contributed by atoms with Crippen LogP contribution in [-0.4, -0.2) is 34.6 Å². The third kappa shape index (κ3) is 3.89. The van der Waals surface area contributed by atoms with Crippen LogP contribution in [0.3, 0.4) is 0 Å². The van der Waals surface area contributed by atoms with Crippen LogP contribution < -0.4 is 26.1 Å². The van der Waals surface area contributed by atoms with E-state index in [0.29, 0.717) is 23.6 Å². The predicted octanol–water partition coefficient (Wildman–Crippen LogP) is 1.75. The van der Waals surface area contributed by atoms with Crippen molar-refractivity contribution in [2.45, 2.75) is 19.0 Å². The second kappa shape index (κ2) is 8.39. The number of ether oxygens (including phenoxy) is 2. The van der Waals surface area contributed by atoms with Crippen LogP contribution in [0.5, 0.6) is 17.4 Å². The highest BCUT2D eigenvalue weighted by molar-refractivity contribution is 6.03. The second-order valence-electron chi connectivity index (χ2n) is 7.08. The van der Waals surface area contributed by atoms with E-state index >= 15 is 0 Å². The Labute approximate surface area is 177 Å². The smallest absolute Gasteiger partial charge is 0.331 e. The van der Waals surface area contributed by atoms with Crippen LogP contribution in [0.4, 0.5) is 0 Å². The quantitative estimate of drug-likeness (QED) is 0.557. The first-order valence-electron chi connectivity index (χ1n) is 9.66. The Morgan fingerprint density at radius 1 is 1.13 bits per heavy atom. The van der Waals surface area contributed by atoms with Crippen molar-refractivity contribution >= 4 is 5.71 Å². The maximum atomic E-state index is 12.5. The average molecular weight is 422 g/mol. The van der Waals surface area contributed by atoms with E-state index < -0.39 is 17.1 Å². The van der Waals surface area contributed by atoms with E-state index in [0.717, 1.165) is 15.7 Å². The van der Waals surface area contributed by atoms with Crippen LogP contribution in [0.1, 0.15) is 29.2 Å². The van der Waals surface area contributed by atoms with Gasteiger partial charge in [0.05, 0.1) is 32.5 Å². The lowest BCUT2D eigenvalue weighted by molar-refractivity contribution is 0.386. The van der Waals surface area contributed by atoms with E-state index in [2.05, 4.69) is 15.5 Å². The van der Waals surface area contributed by atoms with Crippen molar-refractivity contribution in [3.05, 3.63) is 86.1 Å². The van der Waals surface area contributed by atoms with Gasteiger partial charge in [-0.15, -0.1) is 0 Å². The summed E-state index contributed by atoms with van der Waals surface area (Å²) < 4.78 is 11.8. The summed E-state index contributed by atoms with van der Waals surface area (Å²) in [6.45, 7) is 0.117. The summed E-state index contributed by atoms with van der Waals surface area (Å²) in [5.74, 6) is 0.850. The van der Waals surface area contributed by atoms with Gasteiger partial charge in [-0.1, -0.05) is 30.3 Å². The summed E-state index contributed by atoms with van der Waals surface area (Å²) in [6.07, 6.45) is 0.322. The number of nitrogens with one attached hydrogen (secondary N) is 2. The van der Waals surface area contributed by atoms with Crippen LogP contribution in [0.15, 0.2) is 63.2 Å². The van der Waals surface area contributed by atoms with Gasteiger partial charge in [-0.05, 0) is 17.7 Å². The Kier molecular flexibility index (Phi) is 5.48. The first-order valence-corrected chi connectivity index (χ1v) is 9.66. The van der Waals surface area contributed by atoms with Crippen LogP contribution in [0.2, 0.25) is 0 Å². The molecule has 1 atom stereocenters. The number of nitrogens with zero attached hydrogens (tertiary/aromatic N) is 2. The third-order valence-electron chi connectivity index (χ3n) is 5.21. The SMILES string of the molecule is COc1ccc(C2CC(c3c(O)n(Cc4ccccc4)c(=O)[nH]c3=O)=NN2)c(OC)c1. The Morgan fingerprint density at radius 3 is 2.61 bits per heavy atom. The topological polar surface area (TPSA) is 118 Å². The standard InChI is InChI=1S/C22H22N4O5/c1-30-14-8-9-15(18(10-14)31-2)16-11-17(25-24-16)19-20(27)23-22(29)26(21(19)28)12-13-6-4-3-5-7-13/h3-10,16,24,28H,11-12H2,1-2H3,(H,23,27,29). The molecule has 0 aliphatic carbocycles. The molecule has 0 spiro atoms. The number of aromatic amines is 1. The van der Waals surface area contributed by atoms with Crippen LogP contribution in [0.25, 0.3) is 0 Å². The molecule has 9 heteroatoms. The lowest BCUT2D eigenvalue weighted by Gasteiger charge is -2.16. The highest BCUT2D eigenvalue weighted by Gasteiger charge is 2.29. The number of aromatic nitrogens is 2. The van der Waals surface area contributed by atoms with Gasteiger partial charge in [-0.25, -0.2) is 4.79 Å². The maximum Gasteiger partial charge on any atom is 0.331 e. The number of hydrazone groups is 1. The highest BCUT2D eigenvalue weighted by atomic mass is 16.5. The zero-order chi connectivity index (χ0) is 22.0. The monoisotopic (exact) mass is 422 g/mol. The molecular weight excluding hydrogens is 400 g/mol. The van der Waals surface area contributed by atoms with Gasteiger partial charge in [-0.3, -0.25) is 14.3 Å². The normalized spacial score (nSPS) is 15.3. The molecule has 1 unspecified atom stereocenters. The average Bonchev–Trinajstić information content (AvgIpc) is 3.26. The second-order valence-corrected chi connectivity index (χ2v) is 7.08. The molecule has 31 heavy (non-hydrogen) atoms. The molecule has 2 aromatic carbocycles. The molecule has 0 saturated carbocycles. The largest absolute Gasteiger partial charge is 0.497 e. The van der Waals surface area contributed by atoms with E-state index in [4.69, 9.17) is 9.47 Å². The van der Waals surface area contributed by atoms with Gasteiger partial charge in [0.15, 0.2) is 0 Å². The Morgan fingerprint density at radius 2 is 1.90 bits per heavy atom. The number of aromatic hydroxyl groups is 1. The lowest BCUT2D eigenvalue weighted by Crippen LogP contribution is -2.34. The lowest BCUT2D eigenvalue weighted by atomic mass is 9.99. The van der Waals surface area contributed by atoms with E-state index in [-0.39, 0.29) is 18.2 Å². The van der Waals surface area contributed by atoms with E-state index in [1.807, 2.05) is 42.5 Å². The van der Waals surface area contributed by atoms with E-state index in [9.17, 15) is 14.7 Å². The fraction of sp³-hybridized carbons (Fsp3) is 0.227. The molecule has 0 radical (unpaired) electrons. The molecule has 1 aliphatic rings. The van der Waals surface area contributed by atoms with Gasteiger partial charge in [-0.2, -0.15) is 5.10 Å². The minimum Gasteiger partial charge on any atom is -0.497 e. The summed E-state index contributed by atoms with van der Waals surface area (Å²) in [6, 6.07) is 14.3. The summed E-state index contributed by atoms with van der Waals surface area (Å²) >= 11 is 0. The van der Waals surface area contributed by atoms with Gasteiger partial charge < -0.3 is 20.0 Å². The first kappa shape index (κ1) is 20.3. The van der Waals surface area contributed by atoms with Gasteiger partial charge in [0, 0.05) is 18.1 Å². The van der Waals surface area contributed by atoms with Crippen molar-refractivity contribution in [1.29, 1.82) is 0 Å². The van der Waals surface area contributed by atoms with Gasteiger partial charge in [0.2, 0.25) is 5.88 Å². The van der Waals surface area contributed by atoms with E-state index in [1.165, 1.54) is 0 Å². The van der Waals surface area contributed by atoms with Gasteiger partial charge in [0.1, 0.15) is 17.1 Å². The van der Waals surface area contributed by atoms with Gasteiger partial charge >= 0.3 is 5.69 Å². The van der Waals surface area contributed by atoms with Crippen LogP contribution in [0, 0.1) is 0 Å². The molecule has 9 nitrogen and oxygen atoms in total. The predicted molar refractivity (Wildman–Crippen MR) is 115 cm³/mol. The molecule has 1 aliphatic heterocycles. The summed E-state index contributed by atoms with van der Waals surface area (Å²) in [5, 5.41) is 15.1. The Hall–Kier alpha value is -4.01. The maximum absolute atomic E-state index is 12.5. The molecule has 0 amide bonds. The highest BCUT2D eigenvalue weighted by Crippen LogP contribution is 2.34. The summed E-state index contributed by atoms with van der Waals surface area (Å²) in [4.78, 5) is 27.1. The number of rotatable bonds is 6. The number of hydrogen-bond acceptors (Lipinski definition) is 7. The molecule has 0 bridgehead atoms. The molecule has 0 saturated heterocycles. The zero-order valence-electron chi connectivity index (χ0n) is 17.1. The molecule has 3 aromatic rings. The molecule has 4 rings (SSSR count).